The molecule has 3 aromatic carbocycles. The van der Waals surface area contributed by atoms with E-state index in [0.717, 1.165) is 38.5 Å². The fourth-order valence-electron chi connectivity index (χ4n) is 5.78. The van der Waals surface area contributed by atoms with Crippen molar-refractivity contribution in [3.8, 4) is 23.0 Å². The fraction of sp³-hybridized carbons (Fsp3) is 0.558. The number of carbonyl (C=O) groups excluding carboxylic acids is 1. The van der Waals surface area contributed by atoms with Crippen LogP contribution >= 0.6 is 0 Å². The summed E-state index contributed by atoms with van der Waals surface area (Å²) in [5.41, 5.74) is 1.20. The number of benzene rings is 3. The van der Waals surface area contributed by atoms with Gasteiger partial charge < -0.3 is 18.9 Å². The van der Waals surface area contributed by atoms with E-state index in [1.807, 2.05) is 0 Å². The third kappa shape index (κ3) is 17.5. The molecule has 0 fully saturated rings. The van der Waals surface area contributed by atoms with Crippen LogP contribution in [0.25, 0.3) is 0 Å². The number of carbonyl (C=O) groups is 1. The second-order valence-corrected chi connectivity index (χ2v) is 15.1. The van der Waals surface area contributed by atoms with Crippen LogP contribution in [-0.2, 0) is 10.1 Å². The van der Waals surface area contributed by atoms with Crippen molar-refractivity contribution >= 4 is 27.5 Å². The van der Waals surface area contributed by atoms with Crippen LogP contribution in [0.5, 0.6) is 23.0 Å². The predicted molar refractivity (Wildman–Crippen MR) is 215 cm³/mol. The second-order valence-electron chi connectivity index (χ2n) is 13.7. The van der Waals surface area contributed by atoms with E-state index in [9.17, 15) is 13.2 Å². The minimum absolute atomic E-state index is 0.226. The quantitative estimate of drug-likeness (QED) is 0.0243. The zero-order valence-corrected chi connectivity index (χ0v) is 33.5. The largest absolute Gasteiger partial charge is 0.490 e. The van der Waals surface area contributed by atoms with Gasteiger partial charge in [0.15, 0.2) is 11.5 Å². The molecule has 3 aromatic rings. The minimum atomic E-state index is -4.29. The Morgan fingerprint density at radius 1 is 0.556 bits per heavy atom. The van der Waals surface area contributed by atoms with Crippen LogP contribution in [0.15, 0.2) is 75.8 Å². The molecule has 54 heavy (non-hydrogen) atoms. The molecule has 0 heterocycles. The Morgan fingerprint density at radius 3 is 1.37 bits per heavy atom. The average molecular weight is 767 g/mol. The SMILES string of the molecule is CCCCCCCCOc1cc(C(=O)Oc2ccc(N=Nc3ccc(S(=O)(=O)O)cc3)cc2)cc(OCCCCCCCC)c1OCCCCCCCC. The van der Waals surface area contributed by atoms with Crippen LogP contribution in [0, 0.1) is 0 Å². The summed E-state index contributed by atoms with van der Waals surface area (Å²) >= 11 is 0. The highest BCUT2D eigenvalue weighted by Gasteiger charge is 2.21. The van der Waals surface area contributed by atoms with Crippen LogP contribution in [0.3, 0.4) is 0 Å². The number of rotatable bonds is 29. The summed E-state index contributed by atoms with van der Waals surface area (Å²) < 4.78 is 56.5. The first-order valence-electron chi connectivity index (χ1n) is 20.1. The lowest BCUT2D eigenvalue weighted by Gasteiger charge is -2.19. The summed E-state index contributed by atoms with van der Waals surface area (Å²) in [6.45, 7) is 8.20. The molecule has 0 radical (unpaired) electrons. The molecule has 0 aliphatic heterocycles. The molecule has 0 aromatic heterocycles. The molecule has 0 aliphatic rings. The van der Waals surface area contributed by atoms with E-state index in [4.69, 9.17) is 23.5 Å². The fourth-order valence-corrected chi connectivity index (χ4v) is 6.26. The van der Waals surface area contributed by atoms with Gasteiger partial charge in [-0.15, -0.1) is 0 Å². The maximum Gasteiger partial charge on any atom is 0.343 e. The summed E-state index contributed by atoms with van der Waals surface area (Å²) in [6.07, 6.45) is 20.5. The average Bonchev–Trinajstić information content (AvgIpc) is 3.16. The third-order valence-corrected chi connectivity index (χ3v) is 9.84. The smallest absolute Gasteiger partial charge is 0.343 e. The lowest BCUT2D eigenvalue weighted by molar-refractivity contribution is 0.0733. The van der Waals surface area contributed by atoms with E-state index in [2.05, 4.69) is 31.0 Å². The number of hydrogen-bond donors (Lipinski definition) is 1. The van der Waals surface area contributed by atoms with Gasteiger partial charge in [-0.05, 0) is 79.9 Å². The maximum atomic E-state index is 13.6. The number of nitrogens with zero attached hydrogens (tertiary/aromatic N) is 2. The second kappa shape index (κ2) is 26.0. The summed E-state index contributed by atoms with van der Waals surface area (Å²) in [5.74, 6) is 1.28. The summed E-state index contributed by atoms with van der Waals surface area (Å²) in [4.78, 5) is 13.4. The molecular weight excluding hydrogens is 705 g/mol. The first-order valence-corrected chi connectivity index (χ1v) is 21.6. The Balaban J connectivity index is 1.76. The summed E-state index contributed by atoms with van der Waals surface area (Å²) in [6, 6.07) is 15.3. The van der Waals surface area contributed by atoms with Gasteiger partial charge in [0, 0.05) is 0 Å². The first-order chi connectivity index (χ1) is 26.2. The number of azo groups is 1. The normalized spacial score (nSPS) is 11.6. The van der Waals surface area contributed by atoms with Crippen LogP contribution < -0.4 is 18.9 Å². The van der Waals surface area contributed by atoms with Crippen LogP contribution in [0.1, 0.15) is 147 Å². The van der Waals surface area contributed by atoms with Crippen molar-refractivity contribution in [1.82, 2.24) is 0 Å². The van der Waals surface area contributed by atoms with Gasteiger partial charge in [0.05, 0.1) is 41.7 Å². The molecular formula is C43H62N2O8S. The van der Waals surface area contributed by atoms with E-state index in [0.29, 0.717) is 59.8 Å². The molecule has 298 valence electrons. The van der Waals surface area contributed by atoms with Crippen molar-refractivity contribution in [2.45, 2.75) is 141 Å². The van der Waals surface area contributed by atoms with Gasteiger partial charge >= 0.3 is 5.97 Å². The lowest BCUT2D eigenvalue weighted by atomic mass is 10.1. The Bertz CT molecular complexity index is 1590. The van der Waals surface area contributed by atoms with Crippen molar-refractivity contribution in [2.24, 2.45) is 10.2 Å². The van der Waals surface area contributed by atoms with E-state index >= 15 is 0 Å². The van der Waals surface area contributed by atoms with E-state index in [1.54, 1.807) is 36.4 Å². The molecule has 0 saturated carbocycles. The third-order valence-electron chi connectivity index (χ3n) is 8.97. The van der Waals surface area contributed by atoms with Gasteiger partial charge in [-0.2, -0.15) is 18.6 Å². The van der Waals surface area contributed by atoms with E-state index in [-0.39, 0.29) is 4.90 Å². The number of hydrogen-bond acceptors (Lipinski definition) is 9. The molecule has 0 spiro atoms. The summed E-state index contributed by atoms with van der Waals surface area (Å²) in [7, 11) is -4.29. The zero-order chi connectivity index (χ0) is 38.9. The lowest BCUT2D eigenvalue weighted by Crippen LogP contribution is -2.12. The van der Waals surface area contributed by atoms with Crippen molar-refractivity contribution in [2.75, 3.05) is 19.8 Å². The zero-order valence-electron chi connectivity index (χ0n) is 32.7. The molecule has 0 aliphatic carbocycles. The topological polar surface area (TPSA) is 133 Å². The molecule has 11 heteroatoms. The Hall–Kier alpha value is -3.96. The van der Waals surface area contributed by atoms with Crippen molar-refractivity contribution in [3.05, 3.63) is 66.2 Å². The van der Waals surface area contributed by atoms with Crippen LogP contribution in [0.2, 0.25) is 0 Å². The maximum absolute atomic E-state index is 13.6. The molecule has 0 unspecified atom stereocenters. The molecule has 0 atom stereocenters. The first kappa shape index (κ1) is 44.4. The van der Waals surface area contributed by atoms with Crippen LogP contribution in [-0.4, -0.2) is 38.8 Å². The highest BCUT2D eigenvalue weighted by molar-refractivity contribution is 7.85. The standard InChI is InChI=1S/C43H62N2O8S/c1-4-7-10-13-16-19-30-50-40-33-35(34-41(51-31-20-17-14-11-8-5-2)42(40)52-32-21-18-15-12-9-6-3)43(46)53-38-26-22-36(23-27-38)44-45-37-24-28-39(29-25-37)54(47,48)49/h22-29,33-34H,4-21,30-32H2,1-3H3,(H,47,48,49). The van der Waals surface area contributed by atoms with Gasteiger partial charge in [0.2, 0.25) is 5.75 Å². The van der Waals surface area contributed by atoms with Crippen molar-refractivity contribution in [3.63, 3.8) is 0 Å². The van der Waals surface area contributed by atoms with Gasteiger partial charge in [0.25, 0.3) is 10.1 Å². The molecule has 0 saturated heterocycles. The predicted octanol–water partition coefficient (Wildman–Crippen LogP) is 12.8. The van der Waals surface area contributed by atoms with Crippen molar-refractivity contribution in [1.29, 1.82) is 0 Å². The molecule has 10 nitrogen and oxygen atoms in total. The molecule has 0 bridgehead atoms. The minimum Gasteiger partial charge on any atom is -0.490 e. The molecule has 1 N–H and O–H groups in total. The number of ether oxygens (including phenoxy) is 4. The van der Waals surface area contributed by atoms with Gasteiger partial charge in [0.1, 0.15) is 5.75 Å². The highest BCUT2D eigenvalue weighted by Crippen LogP contribution is 2.40. The van der Waals surface area contributed by atoms with E-state index in [1.165, 1.54) is 101 Å². The Morgan fingerprint density at radius 2 is 0.944 bits per heavy atom. The van der Waals surface area contributed by atoms with Gasteiger partial charge in [-0.3, -0.25) is 4.55 Å². The number of esters is 1. The number of unbranched alkanes of at least 4 members (excludes halogenated alkanes) is 15. The highest BCUT2D eigenvalue weighted by atomic mass is 32.2. The van der Waals surface area contributed by atoms with Gasteiger partial charge in [-0.25, -0.2) is 4.79 Å². The van der Waals surface area contributed by atoms with Crippen LogP contribution in [0.4, 0.5) is 11.4 Å². The monoisotopic (exact) mass is 766 g/mol. The van der Waals surface area contributed by atoms with Crippen molar-refractivity contribution < 1.29 is 36.7 Å². The summed E-state index contributed by atoms with van der Waals surface area (Å²) in [5, 5.41) is 8.27. The van der Waals surface area contributed by atoms with Gasteiger partial charge in [-0.1, -0.05) is 117 Å². The Labute approximate surface area is 323 Å². The van der Waals surface area contributed by atoms with E-state index < -0.39 is 16.1 Å². The molecule has 3 rings (SSSR count). The molecule has 0 amide bonds. The Kier molecular flexibility index (Phi) is 21.4.